The normalized spacial score (nSPS) is 19.0. The number of methoxy groups -OCH3 is 1. The van der Waals surface area contributed by atoms with Gasteiger partial charge in [0.1, 0.15) is 5.75 Å². The number of hydrogen-bond donors (Lipinski definition) is 1. The fraction of sp³-hybridized carbons (Fsp3) is 0.588. The predicted octanol–water partition coefficient (Wildman–Crippen LogP) is 3.45. The molecule has 1 fully saturated rings. The van der Waals surface area contributed by atoms with Gasteiger partial charge < -0.3 is 15.0 Å². The molecule has 1 N–H and O–H groups in total. The first kappa shape index (κ1) is 17.3. The molecule has 4 nitrogen and oxygen atoms in total. The number of nitrogens with zero attached hydrogens (tertiary/aromatic N) is 1. The number of carbonyl (C=O) groups is 1. The van der Waals surface area contributed by atoms with Crippen molar-refractivity contribution in [2.24, 2.45) is 0 Å². The van der Waals surface area contributed by atoms with Gasteiger partial charge in [0, 0.05) is 24.7 Å². The number of piperidine rings is 1. The van der Waals surface area contributed by atoms with Crippen LogP contribution < -0.4 is 10.1 Å². The Kier molecular flexibility index (Phi) is 6.70. The molecular weight excluding hydrogens is 344 g/mol. The number of rotatable bonds is 6. The zero-order valence-corrected chi connectivity index (χ0v) is 15.0. The summed E-state index contributed by atoms with van der Waals surface area (Å²) in [7, 11) is 1.61. The molecule has 0 unspecified atom stereocenters. The Hall–Kier alpha value is -1.07. The van der Waals surface area contributed by atoms with E-state index < -0.39 is 0 Å². The van der Waals surface area contributed by atoms with Gasteiger partial charge in [-0.15, -0.1) is 0 Å². The van der Waals surface area contributed by atoms with Crippen molar-refractivity contribution >= 4 is 21.8 Å². The summed E-state index contributed by atoms with van der Waals surface area (Å²) in [5.41, 5.74) is 0.652. The van der Waals surface area contributed by atoms with E-state index in [1.807, 2.05) is 0 Å². The molecule has 0 radical (unpaired) electrons. The summed E-state index contributed by atoms with van der Waals surface area (Å²) in [5, 5.41) is 2.99. The molecule has 1 heterocycles. The summed E-state index contributed by atoms with van der Waals surface area (Å²) >= 11 is 3.40. The predicted molar refractivity (Wildman–Crippen MR) is 92.5 cm³/mol. The standard InChI is InChI=1S/C17H25BrN2O2/c1-13-6-3-4-10-20(13)11-5-9-19-17(21)14-7-8-16(22-2)15(18)12-14/h7-8,12-13H,3-6,9-11H2,1-2H3,(H,19,21)/t13-/m1/s1. The third kappa shape index (κ3) is 4.71. The number of carbonyl (C=O) groups excluding carboxylic acids is 1. The van der Waals surface area contributed by atoms with E-state index in [9.17, 15) is 4.79 Å². The van der Waals surface area contributed by atoms with Crippen molar-refractivity contribution in [2.45, 2.75) is 38.6 Å². The molecule has 22 heavy (non-hydrogen) atoms. The van der Waals surface area contributed by atoms with Gasteiger partial charge in [-0.3, -0.25) is 4.79 Å². The molecule has 1 aliphatic heterocycles. The van der Waals surface area contributed by atoms with Crippen LogP contribution in [0, 0.1) is 0 Å². The lowest BCUT2D eigenvalue weighted by molar-refractivity contribution is 0.0949. The first-order chi connectivity index (χ1) is 10.6. The minimum Gasteiger partial charge on any atom is -0.496 e. The lowest BCUT2D eigenvalue weighted by Crippen LogP contribution is -2.39. The van der Waals surface area contributed by atoms with E-state index in [2.05, 4.69) is 33.1 Å². The number of benzene rings is 1. The fourth-order valence-electron chi connectivity index (χ4n) is 2.88. The van der Waals surface area contributed by atoms with Crippen LogP contribution in [0.2, 0.25) is 0 Å². The van der Waals surface area contributed by atoms with Gasteiger partial charge in [-0.2, -0.15) is 0 Å². The summed E-state index contributed by atoms with van der Waals surface area (Å²) < 4.78 is 5.97. The van der Waals surface area contributed by atoms with Crippen molar-refractivity contribution in [1.82, 2.24) is 10.2 Å². The van der Waals surface area contributed by atoms with E-state index in [1.165, 1.54) is 25.8 Å². The smallest absolute Gasteiger partial charge is 0.251 e. The lowest BCUT2D eigenvalue weighted by Gasteiger charge is -2.33. The number of halogens is 1. The third-order valence-electron chi connectivity index (χ3n) is 4.26. The molecular formula is C17H25BrN2O2. The fourth-order valence-corrected chi connectivity index (χ4v) is 3.42. The van der Waals surface area contributed by atoms with Crippen LogP contribution in [0.3, 0.4) is 0 Å². The Morgan fingerprint density at radius 2 is 2.27 bits per heavy atom. The van der Waals surface area contributed by atoms with Crippen LogP contribution in [-0.2, 0) is 0 Å². The first-order valence-electron chi connectivity index (χ1n) is 7.97. The van der Waals surface area contributed by atoms with E-state index in [-0.39, 0.29) is 5.91 Å². The molecule has 0 saturated carbocycles. The molecule has 122 valence electrons. The Morgan fingerprint density at radius 3 is 2.95 bits per heavy atom. The second kappa shape index (κ2) is 8.53. The SMILES string of the molecule is COc1ccc(C(=O)NCCCN2CCCC[C@H]2C)cc1Br. The third-order valence-corrected chi connectivity index (χ3v) is 4.88. The molecule has 0 bridgehead atoms. The maximum Gasteiger partial charge on any atom is 0.251 e. The van der Waals surface area contributed by atoms with Crippen LogP contribution in [0.1, 0.15) is 43.0 Å². The van der Waals surface area contributed by atoms with Gasteiger partial charge in [0.05, 0.1) is 11.6 Å². The van der Waals surface area contributed by atoms with Crippen LogP contribution >= 0.6 is 15.9 Å². The van der Waals surface area contributed by atoms with Crippen LogP contribution in [0.15, 0.2) is 22.7 Å². The first-order valence-corrected chi connectivity index (χ1v) is 8.77. The lowest BCUT2D eigenvalue weighted by atomic mass is 10.0. The minimum absolute atomic E-state index is 0.0324. The number of amides is 1. The van der Waals surface area contributed by atoms with E-state index in [0.717, 1.165) is 23.2 Å². The van der Waals surface area contributed by atoms with E-state index in [1.54, 1.807) is 25.3 Å². The summed E-state index contributed by atoms with van der Waals surface area (Å²) in [6.45, 7) is 5.27. The van der Waals surface area contributed by atoms with Gasteiger partial charge in [0.25, 0.3) is 5.91 Å². The van der Waals surface area contributed by atoms with Crippen LogP contribution in [0.25, 0.3) is 0 Å². The molecule has 1 aromatic rings. The molecule has 1 aromatic carbocycles. The summed E-state index contributed by atoms with van der Waals surface area (Å²) in [6.07, 6.45) is 4.94. The molecule has 1 aliphatic rings. The van der Waals surface area contributed by atoms with Crippen molar-refractivity contribution in [3.8, 4) is 5.75 Å². The summed E-state index contributed by atoms with van der Waals surface area (Å²) in [5.74, 6) is 0.700. The van der Waals surface area contributed by atoms with Crippen LogP contribution in [0.4, 0.5) is 0 Å². The van der Waals surface area contributed by atoms with Crippen molar-refractivity contribution < 1.29 is 9.53 Å². The average molecular weight is 369 g/mol. The molecule has 0 spiro atoms. The van der Waals surface area contributed by atoms with Crippen LogP contribution in [-0.4, -0.2) is 43.6 Å². The molecule has 2 rings (SSSR count). The second-order valence-corrected chi connectivity index (χ2v) is 6.69. The van der Waals surface area contributed by atoms with Gasteiger partial charge >= 0.3 is 0 Å². The highest BCUT2D eigenvalue weighted by molar-refractivity contribution is 9.10. The molecule has 0 aromatic heterocycles. The molecule has 1 atom stereocenters. The van der Waals surface area contributed by atoms with Crippen molar-refractivity contribution in [1.29, 1.82) is 0 Å². The quantitative estimate of drug-likeness (QED) is 0.781. The van der Waals surface area contributed by atoms with E-state index >= 15 is 0 Å². The number of likely N-dealkylation sites (tertiary alicyclic amines) is 1. The van der Waals surface area contributed by atoms with Gasteiger partial charge in [0.15, 0.2) is 0 Å². The van der Waals surface area contributed by atoms with Gasteiger partial charge in [-0.1, -0.05) is 6.42 Å². The van der Waals surface area contributed by atoms with Crippen molar-refractivity contribution in [2.75, 3.05) is 26.7 Å². The maximum absolute atomic E-state index is 12.1. The zero-order valence-electron chi connectivity index (χ0n) is 13.4. The largest absolute Gasteiger partial charge is 0.496 e. The summed E-state index contributed by atoms with van der Waals surface area (Å²) in [6, 6.07) is 6.06. The molecule has 1 saturated heterocycles. The Labute approximate surface area is 141 Å². The topological polar surface area (TPSA) is 41.6 Å². The van der Waals surface area contributed by atoms with Crippen molar-refractivity contribution in [3.05, 3.63) is 28.2 Å². The van der Waals surface area contributed by atoms with Crippen molar-refractivity contribution in [3.63, 3.8) is 0 Å². The van der Waals surface area contributed by atoms with E-state index in [0.29, 0.717) is 18.2 Å². The van der Waals surface area contributed by atoms with Gasteiger partial charge in [-0.05, 0) is 66.9 Å². The second-order valence-electron chi connectivity index (χ2n) is 5.84. The van der Waals surface area contributed by atoms with Gasteiger partial charge in [-0.25, -0.2) is 0 Å². The highest BCUT2D eigenvalue weighted by Gasteiger charge is 2.17. The molecule has 0 aliphatic carbocycles. The highest BCUT2D eigenvalue weighted by Crippen LogP contribution is 2.25. The summed E-state index contributed by atoms with van der Waals surface area (Å²) in [4.78, 5) is 14.7. The highest BCUT2D eigenvalue weighted by atomic mass is 79.9. The van der Waals surface area contributed by atoms with E-state index in [4.69, 9.17) is 4.74 Å². The van der Waals surface area contributed by atoms with Gasteiger partial charge in [0.2, 0.25) is 0 Å². The molecule has 1 amide bonds. The number of hydrogen-bond acceptors (Lipinski definition) is 3. The number of nitrogens with one attached hydrogen (secondary N) is 1. The number of ether oxygens (including phenoxy) is 1. The maximum atomic E-state index is 12.1. The Bertz CT molecular complexity index is 507. The monoisotopic (exact) mass is 368 g/mol. The Morgan fingerprint density at radius 1 is 1.45 bits per heavy atom. The minimum atomic E-state index is -0.0324. The zero-order chi connectivity index (χ0) is 15.9. The average Bonchev–Trinajstić information content (AvgIpc) is 2.52. The Balaban J connectivity index is 1.74. The molecule has 5 heteroatoms. The van der Waals surface area contributed by atoms with Crippen LogP contribution in [0.5, 0.6) is 5.75 Å².